The Labute approximate surface area is 124 Å². The molecule has 1 aromatic rings. The van der Waals surface area contributed by atoms with Crippen LogP contribution in [0.5, 0.6) is 0 Å². The summed E-state index contributed by atoms with van der Waals surface area (Å²) in [6, 6.07) is 4.60. The molecule has 1 fully saturated rings. The molecule has 0 bridgehead atoms. The number of urea groups is 1. The van der Waals surface area contributed by atoms with E-state index >= 15 is 0 Å². The van der Waals surface area contributed by atoms with Gasteiger partial charge < -0.3 is 15.7 Å². The number of carboxylic acids is 1. The Morgan fingerprint density at radius 3 is 2.67 bits per heavy atom. The highest BCUT2D eigenvalue weighted by Crippen LogP contribution is 2.26. The monoisotopic (exact) mass is 290 g/mol. The number of carbonyl (C=O) groups is 2. The molecule has 0 saturated heterocycles. The summed E-state index contributed by atoms with van der Waals surface area (Å²) in [6.07, 6.45) is 6.16. The van der Waals surface area contributed by atoms with Gasteiger partial charge >= 0.3 is 12.0 Å². The summed E-state index contributed by atoms with van der Waals surface area (Å²) < 4.78 is 0. The minimum Gasteiger partial charge on any atom is -0.478 e. The van der Waals surface area contributed by atoms with Gasteiger partial charge in [-0.3, -0.25) is 0 Å². The molecule has 1 aromatic carbocycles. The van der Waals surface area contributed by atoms with E-state index in [1.165, 1.54) is 31.7 Å². The van der Waals surface area contributed by atoms with Crippen LogP contribution in [-0.4, -0.2) is 23.7 Å². The van der Waals surface area contributed by atoms with E-state index in [-0.39, 0.29) is 11.6 Å². The van der Waals surface area contributed by atoms with Crippen LogP contribution in [0.3, 0.4) is 0 Å². The Hall–Kier alpha value is -2.04. The summed E-state index contributed by atoms with van der Waals surface area (Å²) in [5.41, 5.74) is 1.38. The molecule has 5 heteroatoms. The lowest BCUT2D eigenvalue weighted by Gasteiger charge is -2.11. The van der Waals surface area contributed by atoms with E-state index in [2.05, 4.69) is 10.6 Å². The average Bonchev–Trinajstić information content (AvgIpc) is 2.94. The number of hydrogen-bond donors (Lipinski definition) is 3. The van der Waals surface area contributed by atoms with Gasteiger partial charge in [0.1, 0.15) is 0 Å². The van der Waals surface area contributed by atoms with Gasteiger partial charge in [-0.25, -0.2) is 9.59 Å². The molecule has 2 amide bonds. The topological polar surface area (TPSA) is 78.4 Å². The van der Waals surface area contributed by atoms with Crippen LogP contribution >= 0.6 is 0 Å². The smallest absolute Gasteiger partial charge is 0.336 e. The molecule has 2 rings (SSSR count). The van der Waals surface area contributed by atoms with Crippen LogP contribution in [0, 0.1) is 12.8 Å². The van der Waals surface area contributed by atoms with Crippen LogP contribution in [0.1, 0.15) is 48.0 Å². The molecule has 21 heavy (non-hydrogen) atoms. The fraction of sp³-hybridized carbons (Fsp3) is 0.500. The number of benzene rings is 1. The molecule has 1 aliphatic carbocycles. The second-order valence-corrected chi connectivity index (χ2v) is 5.65. The van der Waals surface area contributed by atoms with E-state index in [9.17, 15) is 9.59 Å². The molecule has 114 valence electrons. The van der Waals surface area contributed by atoms with Crippen LogP contribution in [0.15, 0.2) is 18.2 Å². The first-order chi connectivity index (χ1) is 10.1. The lowest BCUT2D eigenvalue weighted by atomic mass is 10.0. The number of carboxylic acid groups (broad SMARTS) is 1. The average molecular weight is 290 g/mol. The molecular weight excluding hydrogens is 268 g/mol. The second kappa shape index (κ2) is 7.11. The zero-order chi connectivity index (χ0) is 15.2. The minimum atomic E-state index is -0.988. The lowest BCUT2D eigenvalue weighted by molar-refractivity contribution is 0.0696. The Balaban J connectivity index is 1.81. The van der Waals surface area contributed by atoms with Crippen molar-refractivity contribution < 1.29 is 14.7 Å². The highest BCUT2D eigenvalue weighted by molar-refractivity contribution is 5.94. The van der Waals surface area contributed by atoms with E-state index < -0.39 is 5.97 Å². The summed E-state index contributed by atoms with van der Waals surface area (Å²) in [4.78, 5) is 22.8. The van der Waals surface area contributed by atoms with Crippen molar-refractivity contribution in [1.29, 1.82) is 0 Å². The minimum absolute atomic E-state index is 0.207. The van der Waals surface area contributed by atoms with Crippen LogP contribution in [-0.2, 0) is 0 Å². The maximum atomic E-state index is 11.8. The molecule has 1 saturated carbocycles. The molecule has 0 radical (unpaired) electrons. The van der Waals surface area contributed by atoms with Crippen LogP contribution in [0.4, 0.5) is 10.5 Å². The van der Waals surface area contributed by atoms with E-state index in [0.717, 1.165) is 12.3 Å². The lowest BCUT2D eigenvalue weighted by Crippen LogP contribution is -2.30. The highest BCUT2D eigenvalue weighted by Gasteiger charge is 2.15. The van der Waals surface area contributed by atoms with Gasteiger partial charge in [-0.2, -0.15) is 0 Å². The van der Waals surface area contributed by atoms with Gasteiger partial charge in [-0.15, -0.1) is 0 Å². The SMILES string of the molecule is Cc1ccc(NC(=O)NCCC2CCCC2)cc1C(=O)O. The molecule has 1 aliphatic rings. The summed E-state index contributed by atoms with van der Waals surface area (Å²) in [5, 5.41) is 14.6. The summed E-state index contributed by atoms with van der Waals surface area (Å²) in [5.74, 6) is -0.249. The van der Waals surface area contributed by atoms with Gasteiger partial charge in [0.15, 0.2) is 0 Å². The number of carbonyl (C=O) groups excluding carboxylic acids is 1. The zero-order valence-electron chi connectivity index (χ0n) is 12.3. The third kappa shape index (κ3) is 4.48. The van der Waals surface area contributed by atoms with Gasteiger partial charge in [-0.1, -0.05) is 31.7 Å². The maximum absolute atomic E-state index is 11.8. The summed E-state index contributed by atoms with van der Waals surface area (Å²) >= 11 is 0. The Morgan fingerprint density at radius 1 is 1.29 bits per heavy atom. The number of anilines is 1. The molecule has 0 aromatic heterocycles. The maximum Gasteiger partial charge on any atom is 0.336 e. The number of amides is 2. The van der Waals surface area contributed by atoms with Crippen LogP contribution in [0.25, 0.3) is 0 Å². The van der Waals surface area contributed by atoms with Crippen molar-refractivity contribution in [3.8, 4) is 0 Å². The first-order valence-electron chi connectivity index (χ1n) is 7.45. The Kier molecular flexibility index (Phi) is 5.20. The molecule has 0 atom stereocenters. The predicted molar refractivity (Wildman–Crippen MR) is 81.7 cm³/mol. The molecular formula is C16H22N2O3. The normalized spacial score (nSPS) is 14.9. The summed E-state index contributed by atoms with van der Waals surface area (Å²) in [6.45, 7) is 2.39. The van der Waals surface area contributed by atoms with Crippen molar-refractivity contribution in [3.63, 3.8) is 0 Å². The number of nitrogens with one attached hydrogen (secondary N) is 2. The van der Waals surface area contributed by atoms with Crippen LogP contribution in [0.2, 0.25) is 0 Å². The standard InChI is InChI=1S/C16H22N2O3/c1-11-6-7-13(10-14(11)15(19)20)18-16(21)17-9-8-12-4-2-3-5-12/h6-7,10,12H,2-5,8-9H2,1H3,(H,19,20)(H2,17,18,21). The first-order valence-corrected chi connectivity index (χ1v) is 7.45. The largest absolute Gasteiger partial charge is 0.478 e. The molecule has 5 nitrogen and oxygen atoms in total. The van der Waals surface area contributed by atoms with Gasteiger partial charge in [0, 0.05) is 12.2 Å². The fourth-order valence-electron chi connectivity index (χ4n) is 2.79. The van der Waals surface area contributed by atoms with Crippen molar-refractivity contribution >= 4 is 17.7 Å². The van der Waals surface area contributed by atoms with Crippen molar-refractivity contribution in [2.75, 3.05) is 11.9 Å². The summed E-state index contributed by atoms with van der Waals surface area (Å²) in [7, 11) is 0. The zero-order valence-corrected chi connectivity index (χ0v) is 12.3. The third-order valence-electron chi connectivity index (χ3n) is 4.04. The molecule has 3 N–H and O–H groups in total. The number of hydrogen-bond acceptors (Lipinski definition) is 2. The quantitative estimate of drug-likeness (QED) is 0.777. The van der Waals surface area contributed by atoms with Crippen molar-refractivity contribution in [1.82, 2.24) is 5.32 Å². The molecule has 0 aliphatic heterocycles. The van der Waals surface area contributed by atoms with Crippen LogP contribution < -0.4 is 10.6 Å². The van der Waals surface area contributed by atoms with Gasteiger partial charge in [0.05, 0.1) is 5.56 Å². The van der Waals surface area contributed by atoms with Crippen molar-refractivity contribution in [2.24, 2.45) is 5.92 Å². The van der Waals surface area contributed by atoms with Crippen molar-refractivity contribution in [3.05, 3.63) is 29.3 Å². The van der Waals surface area contributed by atoms with Gasteiger partial charge in [-0.05, 0) is 37.0 Å². The first kappa shape index (κ1) is 15.4. The van der Waals surface area contributed by atoms with E-state index in [1.54, 1.807) is 19.1 Å². The number of rotatable bonds is 5. The molecule has 0 unspecified atom stereocenters. The Morgan fingerprint density at radius 2 is 2.00 bits per heavy atom. The van der Waals surface area contributed by atoms with E-state index in [4.69, 9.17) is 5.11 Å². The van der Waals surface area contributed by atoms with E-state index in [1.807, 2.05) is 0 Å². The molecule has 0 spiro atoms. The van der Waals surface area contributed by atoms with E-state index in [0.29, 0.717) is 17.8 Å². The van der Waals surface area contributed by atoms with Gasteiger partial charge in [0.25, 0.3) is 0 Å². The van der Waals surface area contributed by atoms with Gasteiger partial charge in [0.2, 0.25) is 0 Å². The second-order valence-electron chi connectivity index (χ2n) is 5.65. The fourth-order valence-corrected chi connectivity index (χ4v) is 2.79. The number of aromatic carboxylic acids is 1. The highest BCUT2D eigenvalue weighted by atomic mass is 16.4. The Bertz CT molecular complexity index is 522. The third-order valence-corrected chi connectivity index (χ3v) is 4.04. The molecule has 0 heterocycles. The predicted octanol–water partition coefficient (Wildman–Crippen LogP) is 3.40. The number of aryl methyl sites for hydroxylation is 1. The van der Waals surface area contributed by atoms with Crippen molar-refractivity contribution in [2.45, 2.75) is 39.0 Å².